The number of hydrogen-bond donors (Lipinski definition) is 1. The van der Waals surface area contributed by atoms with Crippen LogP contribution in [0.15, 0.2) is 34.2 Å². The van der Waals surface area contributed by atoms with Crippen LogP contribution in [0.1, 0.15) is 19.8 Å². The van der Waals surface area contributed by atoms with E-state index in [4.69, 9.17) is 4.74 Å². The molecule has 0 unspecified atom stereocenters. The SMILES string of the molecule is COC(=O)NC(=O)[C@H](C)Sc1nc2ccccc2c(=O)n1C[C@H]1CCCO1. The Balaban J connectivity index is 1.93. The summed E-state index contributed by atoms with van der Waals surface area (Å²) in [6, 6.07) is 7.09. The summed E-state index contributed by atoms with van der Waals surface area (Å²) < 4.78 is 11.7. The lowest BCUT2D eigenvalue weighted by molar-refractivity contribution is -0.119. The number of rotatable bonds is 5. The van der Waals surface area contributed by atoms with Crippen LogP contribution in [0, 0.1) is 0 Å². The Labute approximate surface area is 160 Å². The number of imide groups is 1. The van der Waals surface area contributed by atoms with Gasteiger partial charge in [-0.05, 0) is 31.9 Å². The van der Waals surface area contributed by atoms with Gasteiger partial charge in [0, 0.05) is 6.61 Å². The van der Waals surface area contributed by atoms with Crippen molar-refractivity contribution in [3.63, 3.8) is 0 Å². The average molecular weight is 391 g/mol. The molecule has 2 atom stereocenters. The highest BCUT2D eigenvalue weighted by Gasteiger charge is 2.24. The number of carbonyl (C=O) groups excluding carboxylic acids is 2. The zero-order chi connectivity index (χ0) is 19.4. The molecule has 0 bridgehead atoms. The Kier molecular flexibility index (Phi) is 6.12. The van der Waals surface area contributed by atoms with E-state index < -0.39 is 17.3 Å². The smallest absolute Gasteiger partial charge is 0.413 e. The van der Waals surface area contributed by atoms with Crippen LogP contribution in [0.5, 0.6) is 0 Å². The van der Waals surface area contributed by atoms with Crippen molar-refractivity contribution in [2.75, 3.05) is 13.7 Å². The fraction of sp³-hybridized carbons (Fsp3) is 0.444. The Morgan fingerprint density at radius 2 is 2.22 bits per heavy atom. The number of methoxy groups -OCH3 is 1. The molecule has 2 heterocycles. The molecule has 8 nitrogen and oxygen atoms in total. The second kappa shape index (κ2) is 8.53. The van der Waals surface area contributed by atoms with E-state index in [1.54, 1.807) is 35.8 Å². The zero-order valence-corrected chi connectivity index (χ0v) is 16.0. The van der Waals surface area contributed by atoms with Gasteiger partial charge in [0.25, 0.3) is 5.56 Å². The van der Waals surface area contributed by atoms with E-state index in [2.05, 4.69) is 15.0 Å². The third kappa shape index (κ3) is 4.48. The Hall–Kier alpha value is -2.39. The van der Waals surface area contributed by atoms with Crippen molar-refractivity contribution < 1.29 is 19.1 Å². The molecule has 144 valence electrons. The van der Waals surface area contributed by atoms with Crippen molar-refractivity contribution >= 4 is 34.7 Å². The van der Waals surface area contributed by atoms with Gasteiger partial charge in [0.1, 0.15) is 0 Å². The number of amides is 2. The number of nitrogens with one attached hydrogen (secondary N) is 1. The van der Waals surface area contributed by atoms with Crippen molar-refractivity contribution in [2.24, 2.45) is 0 Å². The molecule has 1 N–H and O–H groups in total. The number of ether oxygens (including phenoxy) is 2. The number of aromatic nitrogens is 2. The molecule has 3 rings (SSSR count). The highest BCUT2D eigenvalue weighted by Crippen LogP contribution is 2.24. The van der Waals surface area contributed by atoms with Crippen LogP contribution in [0.2, 0.25) is 0 Å². The van der Waals surface area contributed by atoms with Crippen LogP contribution in [-0.2, 0) is 20.8 Å². The third-order valence-corrected chi connectivity index (χ3v) is 5.39. The van der Waals surface area contributed by atoms with E-state index in [1.165, 1.54) is 7.11 Å². The monoisotopic (exact) mass is 391 g/mol. The van der Waals surface area contributed by atoms with Crippen molar-refractivity contribution in [2.45, 2.75) is 42.8 Å². The highest BCUT2D eigenvalue weighted by molar-refractivity contribution is 8.00. The number of thioether (sulfide) groups is 1. The quantitative estimate of drug-likeness (QED) is 0.614. The molecule has 2 aromatic rings. The van der Waals surface area contributed by atoms with Gasteiger partial charge in [-0.3, -0.25) is 19.5 Å². The summed E-state index contributed by atoms with van der Waals surface area (Å²) >= 11 is 1.12. The molecule has 1 aliphatic rings. The maximum absolute atomic E-state index is 13.0. The van der Waals surface area contributed by atoms with Crippen LogP contribution in [0.4, 0.5) is 4.79 Å². The summed E-state index contributed by atoms with van der Waals surface area (Å²) in [5, 5.41) is 2.43. The van der Waals surface area contributed by atoms with Crippen molar-refractivity contribution in [3.8, 4) is 0 Å². The molecule has 2 amide bonds. The van der Waals surface area contributed by atoms with Crippen LogP contribution in [-0.4, -0.2) is 46.6 Å². The average Bonchev–Trinajstić information content (AvgIpc) is 3.17. The predicted molar refractivity (Wildman–Crippen MR) is 101 cm³/mol. The van der Waals surface area contributed by atoms with Gasteiger partial charge in [-0.1, -0.05) is 23.9 Å². The fourth-order valence-electron chi connectivity index (χ4n) is 2.86. The first-order chi connectivity index (χ1) is 13.0. The van der Waals surface area contributed by atoms with Crippen molar-refractivity contribution in [1.29, 1.82) is 0 Å². The molecule has 0 saturated carbocycles. The Morgan fingerprint density at radius 3 is 2.93 bits per heavy atom. The highest BCUT2D eigenvalue weighted by atomic mass is 32.2. The topological polar surface area (TPSA) is 99.5 Å². The standard InChI is InChI=1S/C18H21N3O5S/c1-11(15(22)20-18(24)25-2)27-17-19-14-8-4-3-7-13(14)16(23)21(17)10-12-6-5-9-26-12/h3-4,7-8,11-12H,5-6,9-10H2,1-2H3,(H,20,22,24)/t11-,12+/m0/s1. The Bertz CT molecular complexity index is 907. The number of nitrogens with zero attached hydrogens (tertiary/aromatic N) is 2. The van der Waals surface area contributed by atoms with Gasteiger partial charge in [-0.25, -0.2) is 9.78 Å². The van der Waals surface area contributed by atoms with Gasteiger partial charge in [0.15, 0.2) is 5.16 Å². The summed E-state index contributed by atoms with van der Waals surface area (Å²) in [6.45, 7) is 2.70. The minimum atomic E-state index is -0.823. The number of hydrogen-bond acceptors (Lipinski definition) is 7. The van der Waals surface area contributed by atoms with E-state index in [0.717, 1.165) is 24.6 Å². The van der Waals surface area contributed by atoms with E-state index in [-0.39, 0.29) is 11.7 Å². The van der Waals surface area contributed by atoms with E-state index >= 15 is 0 Å². The summed E-state index contributed by atoms with van der Waals surface area (Å²) in [5.41, 5.74) is 0.397. The first-order valence-corrected chi connectivity index (χ1v) is 9.54. The maximum Gasteiger partial charge on any atom is 0.413 e. The second-order valence-electron chi connectivity index (χ2n) is 6.20. The summed E-state index contributed by atoms with van der Waals surface area (Å²) in [6.07, 6.45) is 0.961. The van der Waals surface area contributed by atoms with E-state index in [1.807, 2.05) is 0 Å². The molecule has 1 aromatic heterocycles. The number of carbonyl (C=O) groups is 2. The first kappa shape index (κ1) is 19.4. The molecular formula is C18H21N3O5S. The van der Waals surface area contributed by atoms with Gasteiger partial charge in [-0.15, -0.1) is 0 Å². The zero-order valence-electron chi connectivity index (χ0n) is 15.1. The lowest BCUT2D eigenvalue weighted by atomic mass is 10.2. The number of fused-ring (bicyclic) bond motifs is 1. The van der Waals surface area contributed by atoms with Crippen LogP contribution < -0.4 is 10.9 Å². The van der Waals surface area contributed by atoms with Crippen molar-refractivity contribution in [1.82, 2.24) is 14.9 Å². The minimum absolute atomic E-state index is 0.0517. The Morgan fingerprint density at radius 1 is 1.44 bits per heavy atom. The minimum Gasteiger partial charge on any atom is -0.453 e. The number of alkyl carbamates (subject to hydrolysis) is 1. The van der Waals surface area contributed by atoms with Gasteiger partial charge in [0.05, 0.1) is 35.9 Å². The van der Waals surface area contributed by atoms with Crippen LogP contribution in [0.25, 0.3) is 10.9 Å². The molecule has 9 heteroatoms. The first-order valence-electron chi connectivity index (χ1n) is 8.66. The van der Waals surface area contributed by atoms with Crippen LogP contribution >= 0.6 is 11.8 Å². The molecule has 0 aliphatic carbocycles. The predicted octanol–water partition coefficient (Wildman–Crippen LogP) is 1.94. The largest absolute Gasteiger partial charge is 0.453 e. The molecule has 1 fully saturated rings. The summed E-state index contributed by atoms with van der Waals surface area (Å²) in [5.74, 6) is -0.516. The normalized spacial score (nSPS) is 17.6. The maximum atomic E-state index is 13.0. The van der Waals surface area contributed by atoms with Gasteiger partial charge < -0.3 is 9.47 Å². The lowest BCUT2D eigenvalue weighted by Gasteiger charge is -2.18. The lowest BCUT2D eigenvalue weighted by Crippen LogP contribution is -2.36. The number of para-hydroxylation sites is 1. The second-order valence-corrected chi connectivity index (χ2v) is 7.51. The third-order valence-electron chi connectivity index (χ3n) is 4.30. The van der Waals surface area contributed by atoms with Gasteiger partial charge >= 0.3 is 6.09 Å². The molecule has 0 radical (unpaired) electrons. The van der Waals surface area contributed by atoms with Gasteiger partial charge in [-0.2, -0.15) is 0 Å². The molecule has 0 spiro atoms. The fourth-order valence-corrected chi connectivity index (χ4v) is 3.77. The van der Waals surface area contributed by atoms with Crippen LogP contribution in [0.3, 0.4) is 0 Å². The summed E-state index contributed by atoms with van der Waals surface area (Å²) in [4.78, 5) is 41.0. The molecule has 1 saturated heterocycles. The van der Waals surface area contributed by atoms with E-state index in [0.29, 0.717) is 29.2 Å². The van der Waals surface area contributed by atoms with Crippen molar-refractivity contribution in [3.05, 3.63) is 34.6 Å². The molecular weight excluding hydrogens is 370 g/mol. The summed E-state index contributed by atoms with van der Waals surface area (Å²) in [7, 11) is 1.19. The molecule has 1 aromatic carbocycles. The molecule has 1 aliphatic heterocycles. The molecule has 27 heavy (non-hydrogen) atoms. The van der Waals surface area contributed by atoms with Gasteiger partial charge in [0.2, 0.25) is 5.91 Å². The van der Waals surface area contributed by atoms with E-state index in [9.17, 15) is 14.4 Å². The number of benzene rings is 1.